The summed E-state index contributed by atoms with van der Waals surface area (Å²) in [4.78, 5) is 23.9. The van der Waals surface area contributed by atoms with Crippen molar-refractivity contribution in [2.24, 2.45) is 5.73 Å². The van der Waals surface area contributed by atoms with Crippen molar-refractivity contribution in [3.05, 3.63) is 40.3 Å². The van der Waals surface area contributed by atoms with Gasteiger partial charge in [-0.05, 0) is 36.2 Å². The van der Waals surface area contributed by atoms with Gasteiger partial charge >= 0.3 is 0 Å². The number of nitrogens with two attached hydrogens (primary N) is 1. The van der Waals surface area contributed by atoms with E-state index >= 15 is 0 Å². The molecular formula is C16H17N3O2S. The summed E-state index contributed by atoms with van der Waals surface area (Å²) in [5.74, 6) is -0.522. The molecule has 0 atom stereocenters. The molecule has 0 radical (unpaired) electrons. The Bertz CT molecular complexity index is 735. The molecule has 0 saturated heterocycles. The first-order valence-corrected chi connectivity index (χ1v) is 7.91. The third-order valence-electron chi connectivity index (χ3n) is 3.68. The Balaban J connectivity index is 2.09. The molecule has 6 heteroatoms. The van der Waals surface area contributed by atoms with E-state index in [2.05, 4.69) is 10.6 Å². The maximum absolute atomic E-state index is 11.5. The van der Waals surface area contributed by atoms with E-state index in [4.69, 9.17) is 5.73 Å². The Morgan fingerprint density at radius 2 is 2.00 bits per heavy atom. The van der Waals surface area contributed by atoms with Crippen LogP contribution in [0.4, 0.5) is 5.00 Å². The Morgan fingerprint density at radius 1 is 1.27 bits per heavy atom. The summed E-state index contributed by atoms with van der Waals surface area (Å²) in [6, 6.07) is 7.21. The molecule has 22 heavy (non-hydrogen) atoms. The number of rotatable bonds is 3. The summed E-state index contributed by atoms with van der Waals surface area (Å²) in [6.07, 6.45) is 0.929. The van der Waals surface area contributed by atoms with E-state index in [1.54, 1.807) is 23.5 Å². The van der Waals surface area contributed by atoms with Gasteiger partial charge in [0.1, 0.15) is 5.00 Å². The molecule has 2 aromatic rings. The highest BCUT2D eigenvalue weighted by molar-refractivity contribution is 7.17. The number of fused-ring (bicyclic) bond motifs is 1. The van der Waals surface area contributed by atoms with Gasteiger partial charge < -0.3 is 16.4 Å². The Morgan fingerprint density at radius 3 is 2.64 bits per heavy atom. The van der Waals surface area contributed by atoms with Gasteiger partial charge in [-0.1, -0.05) is 12.1 Å². The number of carbonyl (C=O) groups excluding carboxylic acids is 2. The number of anilines is 1. The average molecular weight is 315 g/mol. The number of primary amides is 1. The summed E-state index contributed by atoms with van der Waals surface area (Å²) in [5.41, 5.74) is 9.10. The molecule has 0 unspecified atom stereocenters. The maximum Gasteiger partial charge on any atom is 0.248 e. The van der Waals surface area contributed by atoms with Crippen LogP contribution in [0.5, 0.6) is 0 Å². The average Bonchev–Trinajstić information content (AvgIpc) is 2.84. The second-order valence-corrected chi connectivity index (χ2v) is 6.36. The molecule has 4 N–H and O–H groups in total. The van der Waals surface area contributed by atoms with Crippen LogP contribution < -0.4 is 16.4 Å². The van der Waals surface area contributed by atoms with Crippen molar-refractivity contribution >= 4 is 28.2 Å². The van der Waals surface area contributed by atoms with Crippen LogP contribution in [0.25, 0.3) is 11.1 Å². The summed E-state index contributed by atoms with van der Waals surface area (Å²) in [6.45, 7) is 3.26. The lowest BCUT2D eigenvalue weighted by atomic mass is 9.97. The van der Waals surface area contributed by atoms with Gasteiger partial charge in [0.2, 0.25) is 11.8 Å². The zero-order valence-electron chi connectivity index (χ0n) is 12.2. The number of carbonyl (C=O) groups is 2. The normalized spacial score (nSPS) is 13.5. The highest BCUT2D eigenvalue weighted by Gasteiger charge is 2.22. The standard InChI is InChI=1S/C16H17N3O2S/c1-9(20)19-16-14(12-6-7-18-8-13(12)22-16)10-2-4-11(5-3-10)15(17)21/h2-5,18H,6-8H2,1H3,(H2,17,21)(H,19,20). The van der Waals surface area contributed by atoms with Crippen LogP contribution in [0.15, 0.2) is 24.3 Å². The fraction of sp³-hybridized carbons (Fsp3) is 0.250. The van der Waals surface area contributed by atoms with Crippen LogP contribution in [-0.4, -0.2) is 18.4 Å². The predicted octanol–water partition coefficient (Wildman–Crippen LogP) is 2.12. The number of benzene rings is 1. The largest absolute Gasteiger partial charge is 0.366 e. The third kappa shape index (κ3) is 2.75. The molecule has 1 aliphatic heterocycles. The van der Waals surface area contributed by atoms with Gasteiger partial charge in [0.25, 0.3) is 0 Å². The SMILES string of the molecule is CC(=O)Nc1sc2c(c1-c1ccc(C(N)=O)cc1)CCNC2. The van der Waals surface area contributed by atoms with E-state index in [1.807, 2.05) is 12.1 Å². The summed E-state index contributed by atoms with van der Waals surface area (Å²) in [5, 5.41) is 7.14. The fourth-order valence-corrected chi connectivity index (χ4v) is 3.98. The molecule has 3 rings (SSSR count). The van der Waals surface area contributed by atoms with Crippen LogP contribution in [0.3, 0.4) is 0 Å². The van der Waals surface area contributed by atoms with E-state index in [9.17, 15) is 9.59 Å². The van der Waals surface area contributed by atoms with Gasteiger partial charge in [-0.25, -0.2) is 0 Å². The van der Waals surface area contributed by atoms with Crippen LogP contribution in [-0.2, 0) is 17.8 Å². The molecule has 0 spiro atoms. The van der Waals surface area contributed by atoms with Crippen molar-refractivity contribution in [3.63, 3.8) is 0 Å². The van der Waals surface area contributed by atoms with Gasteiger partial charge in [0, 0.05) is 29.5 Å². The van der Waals surface area contributed by atoms with E-state index in [0.29, 0.717) is 5.56 Å². The van der Waals surface area contributed by atoms with Crippen molar-refractivity contribution in [1.82, 2.24) is 5.32 Å². The highest BCUT2D eigenvalue weighted by Crippen LogP contribution is 2.42. The number of nitrogens with one attached hydrogen (secondary N) is 2. The minimum absolute atomic E-state index is 0.0819. The molecule has 1 aromatic heterocycles. The van der Waals surface area contributed by atoms with E-state index in [-0.39, 0.29) is 5.91 Å². The van der Waals surface area contributed by atoms with Crippen LogP contribution in [0.2, 0.25) is 0 Å². The van der Waals surface area contributed by atoms with Gasteiger partial charge in [-0.15, -0.1) is 11.3 Å². The number of thiophene rings is 1. The molecule has 1 aromatic carbocycles. The monoisotopic (exact) mass is 315 g/mol. The fourth-order valence-electron chi connectivity index (χ4n) is 2.69. The molecule has 0 fully saturated rings. The van der Waals surface area contributed by atoms with Crippen molar-refractivity contribution in [3.8, 4) is 11.1 Å². The molecule has 1 aliphatic rings. The molecule has 2 heterocycles. The molecule has 2 amide bonds. The molecule has 5 nitrogen and oxygen atoms in total. The summed E-state index contributed by atoms with van der Waals surface area (Å²) < 4.78 is 0. The molecular weight excluding hydrogens is 298 g/mol. The quantitative estimate of drug-likeness (QED) is 0.811. The number of amides is 2. The maximum atomic E-state index is 11.5. The minimum Gasteiger partial charge on any atom is -0.366 e. The Hall–Kier alpha value is -2.18. The van der Waals surface area contributed by atoms with E-state index in [0.717, 1.165) is 35.6 Å². The first-order valence-electron chi connectivity index (χ1n) is 7.09. The second-order valence-electron chi connectivity index (χ2n) is 5.26. The smallest absolute Gasteiger partial charge is 0.248 e. The lowest BCUT2D eigenvalue weighted by molar-refractivity contribution is -0.114. The Kier molecular flexibility index (Phi) is 3.96. The third-order valence-corrected chi connectivity index (χ3v) is 4.82. The molecule has 114 valence electrons. The predicted molar refractivity (Wildman–Crippen MR) is 88.0 cm³/mol. The topological polar surface area (TPSA) is 84.2 Å². The lowest BCUT2D eigenvalue weighted by Crippen LogP contribution is -2.22. The van der Waals surface area contributed by atoms with Crippen molar-refractivity contribution in [2.45, 2.75) is 19.9 Å². The molecule has 0 aliphatic carbocycles. The van der Waals surface area contributed by atoms with Gasteiger partial charge in [-0.2, -0.15) is 0 Å². The van der Waals surface area contributed by atoms with Crippen LogP contribution in [0.1, 0.15) is 27.7 Å². The molecule has 0 saturated carbocycles. The van der Waals surface area contributed by atoms with Crippen LogP contribution in [0, 0.1) is 0 Å². The molecule has 0 bridgehead atoms. The lowest BCUT2D eigenvalue weighted by Gasteiger charge is -2.14. The zero-order chi connectivity index (χ0) is 15.7. The van der Waals surface area contributed by atoms with Crippen molar-refractivity contribution in [2.75, 3.05) is 11.9 Å². The van der Waals surface area contributed by atoms with E-state index in [1.165, 1.54) is 17.4 Å². The first kappa shape index (κ1) is 14.7. The van der Waals surface area contributed by atoms with Gasteiger partial charge in [-0.3, -0.25) is 9.59 Å². The summed E-state index contributed by atoms with van der Waals surface area (Å²) in [7, 11) is 0. The highest BCUT2D eigenvalue weighted by atomic mass is 32.1. The van der Waals surface area contributed by atoms with E-state index < -0.39 is 5.91 Å². The summed E-state index contributed by atoms with van der Waals surface area (Å²) >= 11 is 1.61. The van der Waals surface area contributed by atoms with Gasteiger partial charge in [0.05, 0.1) is 0 Å². The van der Waals surface area contributed by atoms with Crippen molar-refractivity contribution in [1.29, 1.82) is 0 Å². The second kappa shape index (κ2) is 5.90. The minimum atomic E-state index is -0.440. The van der Waals surface area contributed by atoms with Crippen LogP contribution >= 0.6 is 11.3 Å². The Labute approximate surface area is 132 Å². The number of hydrogen-bond donors (Lipinski definition) is 3. The first-order chi connectivity index (χ1) is 10.6. The number of hydrogen-bond acceptors (Lipinski definition) is 4. The zero-order valence-corrected chi connectivity index (χ0v) is 13.0. The van der Waals surface area contributed by atoms with Gasteiger partial charge in [0.15, 0.2) is 0 Å². The van der Waals surface area contributed by atoms with Crippen molar-refractivity contribution < 1.29 is 9.59 Å².